The molecular formula is C11H17NO3. The largest absolute Gasteiger partial charge is 0.461 e. The van der Waals surface area contributed by atoms with E-state index in [9.17, 15) is 9.59 Å². The first-order valence-electron chi connectivity index (χ1n) is 5.28. The fourth-order valence-corrected chi connectivity index (χ4v) is 1.33. The Morgan fingerprint density at radius 1 is 1.47 bits per heavy atom. The molecule has 1 rings (SSSR count). The summed E-state index contributed by atoms with van der Waals surface area (Å²) >= 11 is 0. The zero-order valence-electron chi connectivity index (χ0n) is 8.83. The molecule has 1 amide bonds. The monoisotopic (exact) mass is 211 g/mol. The molecule has 0 aromatic carbocycles. The lowest BCUT2D eigenvalue weighted by Gasteiger charge is -2.23. The number of rotatable bonds is 6. The van der Waals surface area contributed by atoms with E-state index in [1.165, 1.54) is 6.08 Å². The Kier molecular flexibility index (Phi) is 4.87. The van der Waals surface area contributed by atoms with E-state index >= 15 is 0 Å². The zero-order valence-corrected chi connectivity index (χ0v) is 8.83. The van der Waals surface area contributed by atoms with Crippen molar-refractivity contribution in [2.24, 2.45) is 5.92 Å². The Morgan fingerprint density at radius 2 is 2.20 bits per heavy atom. The Labute approximate surface area is 89.7 Å². The number of ether oxygens (including phenoxy) is 1. The highest BCUT2D eigenvalue weighted by atomic mass is 16.5. The lowest BCUT2D eigenvalue weighted by molar-refractivity contribution is -0.142. The van der Waals surface area contributed by atoms with Gasteiger partial charge in [-0.1, -0.05) is 19.1 Å². The second-order valence-electron chi connectivity index (χ2n) is 3.64. The lowest BCUT2D eigenvalue weighted by Crippen LogP contribution is -2.35. The number of amides is 1. The number of hydrogen-bond donors (Lipinski definition) is 1. The number of esters is 1. The van der Waals surface area contributed by atoms with Gasteiger partial charge in [0.25, 0.3) is 0 Å². The molecule has 0 unspecified atom stereocenters. The quantitative estimate of drug-likeness (QED) is 0.527. The van der Waals surface area contributed by atoms with Crippen molar-refractivity contribution >= 4 is 11.9 Å². The van der Waals surface area contributed by atoms with Gasteiger partial charge >= 0.3 is 5.97 Å². The third-order valence-corrected chi connectivity index (χ3v) is 2.47. The smallest absolute Gasteiger partial charge is 0.307 e. The highest BCUT2D eigenvalue weighted by molar-refractivity contribution is 5.80. The van der Waals surface area contributed by atoms with E-state index < -0.39 is 0 Å². The first-order valence-corrected chi connectivity index (χ1v) is 5.28. The summed E-state index contributed by atoms with van der Waals surface area (Å²) in [5.41, 5.74) is 0. The molecule has 1 aliphatic carbocycles. The zero-order chi connectivity index (χ0) is 11.1. The van der Waals surface area contributed by atoms with Crippen LogP contribution in [0.3, 0.4) is 0 Å². The molecule has 1 aliphatic rings. The molecule has 4 heteroatoms. The van der Waals surface area contributed by atoms with Gasteiger partial charge < -0.3 is 10.1 Å². The molecule has 1 saturated carbocycles. The summed E-state index contributed by atoms with van der Waals surface area (Å²) in [4.78, 5) is 22.4. The van der Waals surface area contributed by atoms with E-state index in [1.807, 2.05) is 0 Å². The predicted molar refractivity (Wildman–Crippen MR) is 56.1 cm³/mol. The molecule has 0 aliphatic heterocycles. The van der Waals surface area contributed by atoms with E-state index in [0.29, 0.717) is 6.54 Å². The van der Waals surface area contributed by atoms with E-state index in [0.717, 1.165) is 19.3 Å². The van der Waals surface area contributed by atoms with Gasteiger partial charge in [-0.25, -0.2) is 0 Å². The van der Waals surface area contributed by atoms with Crippen molar-refractivity contribution in [2.75, 3.05) is 13.2 Å². The van der Waals surface area contributed by atoms with Crippen LogP contribution < -0.4 is 5.32 Å². The first-order chi connectivity index (χ1) is 7.24. The highest BCUT2D eigenvalue weighted by Crippen LogP contribution is 2.25. The van der Waals surface area contributed by atoms with Crippen LogP contribution in [-0.2, 0) is 14.3 Å². The van der Waals surface area contributed by atoms with Crippen LogP contribution in [0, 0.1) is 5.92 Å². The van der Waals surface area contributed by atoms with Gasteiger partial charge in [0.05, 0.1) is 6.42 Å². The summed E-state index contributed by atoms with van der Waals surface area (Å²) in [5.74, 6) is -0.0595. The molecule has 4 nitrogen and oxygen atoms in total. The number of nitrogens with one attached hydrogen (secondary N) is 1. The predicted octanol–water partition coefficient (Wildman–Crippen LogP) is 1.02. The molecule has 0 heterocycles. The number of carbonyl (C=O) groups is 2. The van der Waals surface area contributed by atoms with Gasteiger partial charge in [-0.2, -0.15) is 0 Å². The van der Waals surface area contributed by atoms with Crippen molar-refractivity contribution in [2.45, 2.75) is 25.7 Å². The van der Waals surface area contributed by atoms with Crippen LogP contribution in [0.2, 0.25) is 0 Å². The van der Waals surface area contributed by atoms with Gasteiger partial charge in [0.2, 0.25) is 5.91 Å². The van der Waals surface area contributed by atoms with Crippen LogP contribution in [0.5, 0.6) is 0 Å². The van der Waals surface area contributed by atoms with Crippen molar-refractivity contribution in [1.29, 1.82) is 0 Å². The highest BCUT2D eigenvalue weighted by Gasteiger charge is 2.24. The molecule has 1 fully saturated rings. The standard InChI is InChI=1S/C11H17NO3/c1-2-8-15-10(13)6-7-12-11(14)9-4-3-5-9/h2,9H,1,3-8H2,(H,12,14). The first kappa shape index (κ1) is 11.8. The fourth-order valence-electron chi connectivity index (χ4n) is 1.33. The maximum atomic E-state index is 11.3. The van der Waals surface area contributed by atoms with Crippen molar-refractivity contribution in [3.8, 4) is 0 Å². The summed E-state index contributed by atoms with van der Waals surface area (Å²) in [6.45, 7) is 4.03. The molecule has 0 aromatic heterocycles. The van der Waals surface area contributed by atoms with Crippen LogP contribution in [-0.4, -0.2) is 25.0 Å². The molecule has 0 saturated heterocycles. The number of carbonyl (C=O) groups excluding carboxylic acids is 2. The van der Waals surface area contributed by atoms with E-state index in [4.69, 9.17) is 4.74 Å². The Bertz CT molecular complexity index is 246. The fraction of sp³-hybridized carbons (Fsp3) is 0.636. The van der Waals surface area contributed by atoms with Gasteiger partial charge in [0, 0.05) is 12.5 Å². The van der Waals surface area contributed by atoms with E-state index in [2.05, 4.69) is 11.9 Å². The Morgan fingerprint density at radius 3 is 2.73 bits per heavy atom. The molecule has 1 N–H and O–H groups in total. The van der Waals surface area contributed by atoms with Gasteiger partial charge in [-0.15, -0.1) is 0 Å². The third kappa shape index (κ3) is 4.14. The summed E-state index contributed by atoms with van der Waals surface area (Å²) in [6, 6.07) is 0. The maximum absolute atomic E-state index is 11.3. The second kappa shape index (κ2) is 6.22. The summed E-state index contributed by atoms with van der Waals surface area (Å²) in [7, 11) is 0. The van der Waals surface area contributed by atoms with Crippen LogP contribution >= 0.6 is 0 Å². The Balaban J connectivity index is 2.02. The Hall–Kier alpha value is -1.32. The molecule has 0 radical (unpaired) electrons. The van der Waals surface area contributed by atoms with Gasteiger partial charge in [0.15, 0.2) is 0 Å². The molecule has 0 aromatic rings. The van der Waals surface area contributed by atoms with Gasteiger partial charge in [-0.3, -0.25) is 9.59 Å². The van der Waals surface area contributed by atoms with Crippen LogP contribution in [0.25, 0.3) is 0 Å². The van der Waals surface area contributed by atoms with Crippen LogP contribution in [0.1, 0.15) is 25.7 Å². The minimum atomic E-state index is -0.302. The van der Waals surface area contributed by atoms with Crippen LogP contribution in [0.15, 0.2) is 12.7 Å². The molecule has 0 bridgehead atoms. The average molecular weight is 211 g/mol. The summed E-state index contributed by atoms with van der Waals surface area (Å²) in [6.07, 6.45) is 4.84. The van der Waals surface area contributed by atoms with E-state index in [-0.39, 0.29) is 30.8 Å². The van der Waals surface area contributed by atoms with Gasteiger partial charge in [-0.05, 0) is 12.8 Å². The third-order valence-electron chi connectivity index (χ3n) is 2.47. The van der Waals surface area contributed by atoms with Crippen molar-refractivity contribution in [3.63, 3.8) is 0 Å². The van der Waals surface area contributed by atoms with Gasteiger partial charge in [0.1, 0.15) is 6.61 Å². The van der Waals surface area contributed by atoms with Crippen molar-refractivity contribution < 1.29 is 14.3 Å². The molecule has 84 valence electrons. The normalized spacial score (nSPS) is 15.2. The minimum Gasteiger partial charge on any atom is -0.461 e. The average Bonchev–Trinajstić information content (AvgIpc) is 2.12. The van der Waals surface area contributed by atoms with Crippen molar-refractivity contribution in [1.82, 2.24) is 5.32 Å². The van der Waals surface area contributed by atoms with Crippen LogP contribution in [0.4, 0.5) is 0 Å². The molecule has 15 heavy (non-hydrogen) atoms. The molecule has 0 spiro atoms. The topological polar surface area (TPSA) is 55.4 Å². The SMILES string of the molecule is C=CCOC(=O)CCNC(=O)C1CCC1. The second-order valence-corrected chi connectivity index (χ2v) is 3.64. The van der Waals surface area contributed by atoms with E-state index in [1.54, 1.807) is 0 Å². The summed E-state index contributed by atoms with van der Waals surface area (Å²) < 4.78 is 4.77. The minimum absolute atomic E-state index is 0.0674. The molecular weight excluding hydrogens is 194 g/mol. The number of hydrogen-bond acceptors (Lipinski definition) is 3. The summed E-state index contributed by atoms with van der Waals surface area (Å²) in [5, 5.41) is 2.73. The lowest BCUT2D eigenvalue weighted by atomic mass is 9.85. The molecule has 0 atom stereocenters. The maximum Gasteiger partial charge on any atom is 0.307 e. The van der Waals surface area contributed by atoms with Crippen molar-refractivity contribution in [3.05, 3.63) is 12.7 Å².